The van der Waals surface area contributed by atoms with Gasteiger partial charge in [0.05, 0.1) is 18.8 Å². The summed E-state index contributed by atoms with van der Waals surface area (Å²) >= 11 is 0. The number of rotatable bonds is 11. The number of carbonyl (C=O) groups is 1. The van der Waals surface area contributed by atoms with E-state index in [-0.39, 0.29) is 12.2 Å². The number of hydrogen-bond acceptors (Lipinski definition) is 3. The maximum absolute atomic E-state index is 11.6. The molecule has 3 rings (SSSR count). The van der Waals surface area contributed by atoms with Crippen molar-refractivity contribution in [3.8, 4) is 0 Å². The van der Waals surface area contributed by atoms with Crippen molar-refractivity contribution in [2.75, 3.05) is 13.2 Å². The number of ether oxygens (including phenoxy) is 1. The Bertz CT molecular complexity index is 547. The van der Waals surface area contributed by atoms with Crippen molar-refractivity contribution in [3.63, 3.8) is 0 Å². The Balaban J connectivity index is 1.23. The van der Waals surface area contributed by atoms with E-state index in [1.165, 1.54) is 103 Å². The van der Waals surface area contributed by atoms with E-state index in [0.29, 0.717) is 12.5 Å². The van der Waals surface area contributed by atoms with Crippen LogP contribution in [0.1, 0.15) is 116 Å². The molecule has 0 radical (unpaired) electrons. The summed E-state index contributed by atoms with van der Waals surface area (Å²) < 4.78 is 5.23. The lowest BCUT2D eigenvalue weighted by molar-refractivity contribution is -0.139. The standard InChI is InChI=1S/C29H50O3/c1-3-4-23-5-9-25(10-6-23)19-27-13-15-28(16-14-27)20-26-11-7-24(8-12-26)17-18-32-29(31)22(2)21-30/h23-28,30H,2-21H2,1H3. The van der Waals surface area contributed by atoms with Gasteiger partial charge in [-0.25, -0.2) is 4.79 Å². The second-order valence-corrected chi connectivity index (χ2v) is 11.6. The quantitative estimate of drug-likeness (QED) is 0.264. The third kappa shape index (κ3) is 8.50. The van der Waals surface area contributed by atoms with Crippen molar-refractivity contribution < 1.29 is 14.6 Å². The van der Waals surface area contributed by atoms with Crippen LogP contribution in [0.3, 0.4) is 0 Å². The number of esters is 1. The zero-order valence-corrected chi connectivity index (χ0v) is 20.9. The van der Waals surface area contributed by atoms with E-state index in [4.69, 9.17) is 9.84 Å². The summed E-state index contributed by atoms with van der Waals surface area (Å²) in [6, 6.07) is 0. The lowest BCUT2D eigenvalue weighted by Crippen LogP contribution is -2.23. The summed E-state index contributed by atoms with van der Waals surface area (Å²) in [4.78, 5) is 11.6. The second kappa shape index (κ2) is 13.8. The van der Waals surface area contributed by atoms with E-state index in [2.05, 4.69) is 13.5 Å². The first kappa shape index (κ1) is 25.8. The number of carbonyl (C=O) groups excluding carboxylic acids is 1. The van der Waals surface area contributed by atoms with Gasteiger partial charge in [0.25, 0.3) is 0 Å². The Morgan fingerprint density at radius 3 is 1.47 bits per heavy atom. The highest BCUT2D eigenvalue weighted by Crippen LogP contribution is 2.42. The molecule has 3 heteroatoms. The van der Waals surface area contributed by atoms with Crippen LogP contribution in [0.15, 0.2) is 12.2 Å². The van der Waals surface area contributed by atoms with Gasteiger partial charge in [-0.1, -0.05) is 103 Å². The molecule has 0 aromatic heterocycles. The maximum Gasteiger partial charge on any atom is 0.335 e. The molecule has 0 saturated heterocycles. The first-order chi connectivity index (χ1) is 15.6. The molecule has 0 heterocycles. The Morgan fingerprint density at radius 2 is 1.09 bits per heavy atom. The van der Waals surface area contributed by atoms with Gasteiger partial charge >= 0.3 is 5.97 Å². The van der Waals surface area contributed by atoms with E-state index >= 15 is 0 Å². The largest absolute Gasteiger partial charge is 0.462 e. The number of aliphatic hydroxyl groups is 1. The molecule has 3 aliphatic carbocycles. The molecule has 0 atom stereocenters. The lowest BCUT2D eigenvalue weighted by Gasteiger charge is -2.36. The zero-order chi connectivity index (χ0) is 22.8. The molecular formula is C29H50O3. The summed E-state index contributed by atoms with van der Waals surface area (Å²) in [7, 11) is 0. The molecule has 0 spiro atoms. The minimum atomic E-state index is -0.444. The van der Waals surface area contributed by atoms with Gasteiger partial charge in [0.15, 0.2) is 0 Å². The molecule has 0 bridgehead atoms. The maximum atomic E-state index is 11.6. The Morgan fingerprint density at radius 1 is 0.719 bits per heavy atom. The molecule has 0 aromatic carbocycles. The first-order valence-electron chi connectivity index (χ1n) is 14.0. The molecule has 3 saturated carbocycles. The van der Waals surface area contributed by atoms with E-state index in [1.807, 2.05) is 0 Å². The smallest absolute Gasteiger partial charge is 0.335 e. The van der Waals surface area contributed by atoms with Gasteiger partial charge in [0.1, 0.15) is 0 Å². The molecule has 0 unspecified atom stereocenters. The molecule has 32 heavy (non-hydrogen) atoms. The van der Waals surface area contributed by atoms with Gasteiger partial charge in [-0.2, -0.15) is 0 Å². The third-order valence-electron chi connectivity index (χ3n) is 9.17. The highest BCUT2D eigenvalue weighted by molar-refractivity contribution is 5.87. The zero-order valence-electron chi connectivity index (χ0n) is 20.9. The fraction of sp³-hybridized carbons (Fsp3) is 0.897. The van der Waals surface area contributed by atoms with Crippen molar-refractivity contribution in [1.82, 2.24) is 0 Å². The Hall–Kier alpha value is -0.830. The van der Waals surface area contributed by atoms with Crippen LogP contribution in [0.2, 0.25) is 0 Å². The van der Waals surface area contributed by atoms with Crippen LogP contribution in [-0.2, 0) is 9.53 Å². The summed E-state index contributed by atoms with van der Waals surface area (Å²) in [6.45, 7) is 6.02. The van der Waals surface area contributed by atoms with E-state index in [9.17, 15) is 4.79 Å². The topological polar surface area (TPSA) is 46.5 Å². The van der Waals surface area contributed by atoms with Gasteiger partial charge in [-0.05, 0) is 54.8 Å². The highest BCUT2D eigenvalue weighted by atomic mass is 16.5. The van der Waals surface area contributed by atoms with Crippen LogP contribution in [0.5, 0.6) is 0 Å². The molecular weight excluding hydrogens is 396 g/mol. The number of aliphatic hydroxyl groups excluding tert-OH is 1. The normalized spacial score (nSPS) is 33.6. The summed E-state index contributed by atoms with van der Waals surface area (Å²) in [5, 5.41) is 8.93. The molecule has 0 aromatic rings. The van der Waals surface area contributed by atoms with Crippen molar-refractivity contribution in [2.24, 2.45) is 35.5 Å². The summed E-state index contributed by atoms with van der Waals surface area (Å²) in [6.07, 6.45) is 24.1. The lowest BCUT2D eigenvalue weighted by atomic mass is 9.70. The Labute approximate surface area is 197 Å². The summed E-state index contributed by atoms with van der Waals surface area (Å²) in [5.41, 5.74) is 0.155. The van der Waals surface area contributed by atoms with Gasteiger partial charge in [-0.3, -0.25) is 0 Å². The predicted octanol–water partition coefficient (Wildman–Crippen LogP) is 7.47. The molecule has 3 nitrogen and oxygen atoms in total. The minimum absolute atomic E-state index is 0.155. The fourth-order valence-corrected chi connectivity index (χ4v) is 7.05. The van der Waals surface area contributed by atoms with Crippen LogP contribution in [-0.4, -0.2) is 24.3 Å². The molecule has 3 fully saturated rings. The van der Waals surface area contributed by atoms with Crippen LogP contribution in [0.25, 0.3) is 0 Å². The van der Waals surface area contributed by atoms with Crippen LogP contribution in [0, 0.1) is 35.5 Å². The van der Waals surface area contributed by atoms with Gasteiger partial charge in [0.2, 0.25) is 0 Å². The van der Waals surface area contributed by atoms with Crippen molar-refractivity contribution in [1.29, 1.82) is 0 Å². The van der Waals surface area contributed by atoms with Gasteiger partial charge < -0.3 is 9.84 Å². The van der Waals surface area contributed by atoms with Crippen molar-refractivity contribution >= 4 is 5.97 Å². The fourth-order valence-electron chi connectivity index (χ4n) is 7.05. The minimum Gasteiger partial charge on any atom is -0.462 e. The monoisotopic (exact) mass is 446 g/mol. The van der Waals surface area contributed by atoms with Crippen LogP contribution >= 0.6 is 0 Å². The SMILES string of the molecule is C=C(CO)C(=O)OCCC1CCC(CC2CCC(CC3CCC(CCC)CC3)CC2)CC1. The predicted molar refractivity (Wildman–Crippen MR) is 132 cm³/mol. The molecule has 1 N–H and O–H groups in total. The van der Waals surface area contributed by atoms with Crippen molar-refractivity contribution in [3.05, 3.63) is 12.2 Å². The Kier molecular flexibility index (Phi) is 11.1. The van der Waals surface area contributed by atoms with Gasteiger partial charge in [-0.15, -0.1) is 0 Å². The molecule has 184 valence electrons. The van der Waals surface area contributed by atoms with Crippen LogP contribution < -0.4 is 0 Å². The highest BCUT2D eigenvalue weighted by Gasteiger charge is 2.29. The molecule has 0 aliphatic heterocycles. The van der Waals surface area contributed by atoms with E-state index in [0.717, 1.165) is 36.0 Å². The van der Waals surface area contributed by atoms with Crippen LogP contribution in [0.4, 0.5) is 0 Å². The van der Waals surface area contributed by atoms with Crippen molar-refractivity contribution in [2.45, 2.75) is 116 Å². The average molecular weight is 447 g/mol. The first-order valence-corrected chi connectivity index (χ1v) is 14.0. The number of hydrogen-bond donors (Lipinski definition) is 1. The second-order valence-electron chi connectivity index (χ2n) is 11.6. The van der Waals surface area contributed by atoms with Gasteiger partial charge in [0, 0.05) is 0 Å². The summed E-state index contributed by atoms with van der Waals surface area (Å²) in [5.74, 6) is 5.28. The van der Waals surface area contributed by atoms with E-state index in [1.54, 1.807) is 0 Å². The molecule has 3 aliphatic rings. The third-order valence-corrected chi connectivity index (χ3v) is 9.17. The average Bonchev–Trinajstić information content (AvgIpc) is 2.82. The molecule has 0 amide bonds. The van der Waals surface area contributed by atoms with E-state index < -0.39 is 5.97 Å².